The van der Waals surface area contributed by atoms with Gasteiger partial charge in [-0.15, -0.1) is 11.8 Å². The highest BCUT2D eigenvalue weighted by Gasteiger charge is 2.22. The Morgan fingerprint density at radius 3 is 3.16 bits per heavy atom. The van der Waals surface area contributed by atoms with Gasteiger partial charge in [0.05, 0.1) is 0 Å². The van der Waals surface area contributed by atoms with Gasteiger partial charge in [0.15, 0.2) is 0 Å². The minimum Gasteiger partial charge on any atom is -0.381 e. The highest BCUT2D eigenvalue weighted by molar-refractivity contribution is 7.99. The maximum atomic E-state index is 13.7. The summed E-state index contributed by atoms with van der Waals surface area (Å²) in [6.07, 6.45) is 3.14. The molecule has 0 bridgehead atoms. The summed E-state index contributed by atoms with van der Waals surface area (Å²) in [7, 11) is 0. The molecule has 4 heteroatoms. The molecule has 0 spiro atoms. The van der Waals surface area contributed by atoms with Gasteiger partial charge in [-0.2, -0.15) is 0 Å². The van der Waals surface area contributed by atoms with Crippen LogP contribution < -0.4 is 5.32 Å². The molecule has 19 heavy (non-hydrogen) atoms. The van der Waals surface area contributed by atoms with E-state index in [2.05, 4.69) is 12.2 Å². The SMILES string of the molecule is CCCOCCCNC1CCSc2c(F)cccc21. The molecule has 0 radical (unpaired) electrons. The second-order valence-electron chi connectivity index (χ2n) is 4.77. The van der Waals surface area contributed by atoms with Crippen molar-refractivity contribution in [3.8, 4) is 0 Å². The average Bonchev–Trinajstić information content (AvgIpc) is 2.43. The molecule has 1 aromatic carbocycles. The zero-order valence-electron chi connectivity index (χ0n) is 11.5. The monoisotopic (exact) mass is 283 g/mol. The number of fused-ring (bicyclic) bond motifs is 1. The van der Waals surface area contributed by atoms with Crippen LogP contribution in [0.4, 0.5) is 4.39 Å². The summed E-state index contributed by atoms with van der Waals surface area (Å²) in [5, 5.41) is 3.52. The van der Waals surface area contributed by atoms with Gasteiger partial charge in [-0.25, -0.2) is 4.39 Å². The third-order valence-corrected chi connectivity index (χ3v) is 4.39. The van der Waals surface area contributed by atoms with Crippen molar-refractivity contribution < 1.29 is 9.13 Å². The lowest BCUT2D eigenvalue weighted by atomic mass is 10.0. The topological polar surface area (TPSA) is 21.3 Å². The quantitative estimate of drug-likeness (QED) is 0.770. The first kappa shape index (κ1) is 14.8. The fourth-order valence-corrected chi connectivity index (χ4v) is 3.44. The predicted molar refractivity (Wildman–Crippen MR) is 78.2 cm³/mol. The Bertz CT molecular complexity index is 400. The van der Waals surface area contributed by atoms with E-state index in [1.54, 1.807) is 23.9 Å². The van der Waals surface area contributed by atoms with Crippen LogP contribution in [0.5, 0.6) is 0 Å². The van der Waals surface area contributed by atoms with Crippen molar-refractivity contribution in [2.24, 2.45) is 0 Å². The molecule has 0 fully saturated rings. The molecule has 1 unspecified atom stereocenters. The van der Waals surface area contributed by atoms with Gasteiger partial charge in [0.25, 0.3) is 0 Å². The van der Waals surface area contributed by atoms with Gasteiger partial charge in [0, 0.05) is 24.2 Å². The fourth-order valence-electron chi connectivity index (χ4n) is 2.30. The molecular weight excluding hydrogens is 261 g/mol. The molecule has 106 valence electrons. The van der Waals surface area contributed by atoms with Gasteiger partial charge in [-0.3, -0.25) is 0 Å². The van der Waals surface area contributed by atoms with Crippen molar-refractivity contribution in [1.29, 1.82) is 0 Å². The number of halogens is 1. The van der Waals surface area contributed by atoms with Crippen LogP contribution in [0.25, 0.3) is 0 Å². The molecule has 1 aliphatic heterocycles. The zero-order chi connectivity index (χ0) is 13.5. The smallest absolute Gasteiger partial charge is 0.137 e. The van der Waals surface area contributed by atoms with E-state index >= 15 is 0 Å². The second-order valence-corrected chi connectivity index (χ2v) is 5.87. The largest absolute Gasteiger partial charge is 0.381 e. The van der Waals surface area contributed by atoms with E-state index in [4.69, 9.17) is 4.74 Å². The van der Waals surface area contributed by atoms with Crippen molar-refractivity contribution in [3.63, 3.8) is 0 Å². The molecule has 1 N–H and O–H groups in total. The fraction of sp³-hybridized carbons (Fsp3) is 0.600. The Kier molecular flexibility index (Phi) is 6.14. The average molecular weight is 283 g/mol. The van der Waals surface area contributed by atoms with Gasteiger partial charge >= 0.3 is 0 Å². The van der Waals surface area contributed by atoms with E-state index in [0.29, 0.717) is 0 Å². The second kappa shape index (κ2) is 7.88. The Labute approximate surface area is 119 Å². The molecule has 0 amide bonds. The number of nitrogens with one attached hydrogen (secondary N) is 1. The number of thioether (sulfide) groups is 1. The molecule has 1 aliphatic rings. The van der Waals surface area contributed by atoms with Crippen LogP contribution in [0.3, 0.4) is 0 Å². The van der Waals surface area contributed by atoms with E-state index in [-0.39, 0.29) is 11.9 Å². The van der Waals surface area contributed by atoms with Crippen molar-refractivity contribution in [2.45, 2.75) is 37.1 Å². The third-order valence-electron chi connectivity index (χ3n) is 3.23. The Morgan fingerprint density at radius 2 is 2.32 bits per heavy atom. The summed E-state index contributed by atoms with van der Waals surface area (Å²) in [4.78, 5) is 0.827. The van der Waals surface area contributed by atoms with Gasteiger partial charge in [-0.05, 0) is 43.2 Å². The van der Waals surface area contributed by atoms with Gasteiger partial charge < -0.3 is 10.1 Å². The lowest BCUT2D eigenvalue weighted by molar-refractivity contribution is 0.131. The molecule has 0 saturated carbocycles. The molecule has 1 heterocycles. The normalized spacial score (nSPS) is 18.3. The molecular formula is C15H22FNOS. The summed E-state index contributed by atoms with van der Waals surface area (Å²) in [5.41, 5.74) is 1.12. The summed E-state index contributed by atoms with van der Waals surface area (Å²) in [5.74, 6) is 0.901. The van der Waals surface area contributed by atoms with Gasteiger partial charge in [0.1, 0.15) is 5.82 Å². The van der Waals surface area contributed by atoms with Crippen LogP contribution in [0.15, 0.2) is 23.1 Å². The standard InChI is InChI=1S/C15H22FNOS/c1-2-9-18-10-4-8-17-14-7-11-19-15-12(14)5-3-6-13(15)16/h3,5-6,14,17H,2,4,7-11H2,1H3. The number of hydrogen-bond donors (Lipinski definition) is 1. The first-order valence-corrected chi connectivity index (χ1v) is 8.04. The van der Waals surface area contributed by atoms with E-state index in [1.165, 1.54) is 0 Å². The predicted octanol–water partition coefficient (Wildman–Crippen LogP) is 3.77. The first-order chi connectivity index (χ1) is 9.33. The number of rotatable bonds is 7. The summed E-state index contributed by atoms with van der Waals surface area (Å²) in [6.45, 7) is 4.69. The molecule has 1 aromatic rings. The van der Waals surface area contributed by atoms with Crippen LogP contribution in [0.2, 0.25) is 0 Å². The minimum absolute atomic E-state index is 0.0831. The minimum atomic E-state index is -0.0831. The summed E-state index contributed by atoms with van der Waals surface area (Å²) in [6, 6.07) is 5.68. The molecule has 1 atom stereocenters. The lowest BCUT2D eigenvalue weighted by Crippen LogP contribution is -2.26. The van der Waals surface area contributed by atoms with Crippen LogP contribution in [0.1, 0.15) is 37.8 Å². The van der Waals surface area contributed by atoms with E-state index in [0.717, 1.165) is 55.2 Å². The third kappa shape index (κ3) is 4.20. The van der Waals surface area contributed by atoms with Crippen molar-refractivity contribution in [1.82, 2.24) is 5.32 Å². The maximum Gasteiger partial charge on any atom is 0.137 e. The molecule has 2 nitrogen and oxygen atoms in total. The highest BCUT2D eigenvalue weighted by atomic mass is 32.2. The van der Waals surface area contributed by atoms with E-state index < -0.39 is 0 Å². The number of hydrogen-bond acceptors (Lipinski definition) is 3. The van der Waals surface area contributed by atoms with Gasteiger partial charge in [0.2, 0.25) is 0 Å². The van der Waals surface area contributed by atoms with E-state index in [1.807, 2.05) is 6.07 Å². The van der Waals surface area contributed by atoms with Gasteiger partial charge in [-0.1, -0.05) is 19.1 Å². The number of benzene rings is 1. The molecule has 0 aliphatic carbocycles. The van der Waals surface area contributed by atoms with Crippen LogP contribution >= 0.6 is 11.8 Å². The van der Waals surface area contributed by atoms with Crippen LogP contribution in [-0.2, 0) is 4.74 Å². The Balaban J connectivity index is 1.81. The summed E-state index contributed by atoms with van der Waals surface area (Å²) >= 11 is 1.63. The Hall–Kier alpha value is -0.580. The van der Waals surface area contributed by atoms with E-state index in [9.17, 15) is 4.39 Å². The Morgan fingerprint density at radius 1 is 1.42 bits per heavy atom. The van der Waals surface area contributed by atoms with Crippen molar-refractivity contribution in [2.75, 3.05) is 25.5 Å². The number of ether oxygens (including phenoxy) is 1. The maximum absolute atomic E-state index is 13.7. The summed E-state index contributed by atoms with van der Waals surface area (Å²) < 4.78 is 19.2. The van der Waals surface area contributed by atoms with Crippen molar-refractivity contribution >= 4 is 11.8 Å². The molecule has 2 rings (SSSR count). The van der Waals surface area contributed by atoms with Crippen LogP contribution in [-0.4, -0.2) is 25.5 Å². The van der Waals surface area contributed by atoms with Crippen molar-refractivity contribution in [3.05, 3.63) is 29.6 Å². The van der Waals surface area contributed by atoms with Crippen LogP contribution in [0, 0.1) is 5.82 Å². The zero-order valence-corrected chi connectivity index (χ0v) is 12.3. The lowest BCUT2D eigenvalue weighted by Gasteiger charge is -2.26. The highest BCUT2D eigenvalue weighted by Crippen LogP contribution is 2.37. The molecule has 0 saturated heterocycles. The molecule has 0 aromatic heterocycles. The first-order valence-electron chi connectivity index (χ1n) is 7.05.